The second kappa shape index (κ2) is 8.93. The quantitative estimate of drug-likeness (QED) is 0.753. The van der Waals surface area contributed by atoms with Crippen LogP contribution < -0.4 is 5.32 Å². The van der Waals surface area contributed by atoms with Gasteiger partial charge in [0.05, 0.1) is 18.5 Å². The highest BCUT2D eigenvalue weighted by atomic mass is 16.3. The number of hydrogen-bond donors (Lipinski definition) is 2. The lowest BCUT2D eigenvalue weighted by molar-refractivity contribution is -0.132. The number of amides is 1. The number of aliphatic hydroxyl groups excluding tert-OH is 1. The molecule has 0 bridgehead atoms. The Labute approximate surface area is 171 Å². The zero-order chi connectivity index (χ0) is 20.2. The van der Waals surface area contributed by atoms with E-state index >= 15 is 0 Å². The van der Waals surface area contributed by atoms with Crippen molar-refractivity contribution in [3.8, 4) is 0 Å². The van der Waals surface area contributed by atoms with Gasteiger partial charge in [0.2, 0.25) is 0 Å². The van der Waals surface area contributed by atoms with Crippen molar-refractivity contribution in [3.05, 3.63) is 59.5 Å². The lowest BCUT2D eigenvalue weighted by atomic mass is 10.00. The molecule has 0 saturated heterocycles. The van der Waals surface area contributed by atoms with Gasteiger partial charge in [-0.3, -0.25) is 4.79 Å². The molecule has 0 unspecified atom stereocenters. The Morgan fingerprint density at radius 2 is 2.10 bits per heavy atom. The Hall–Kier alpha value is -2.44. The van der Waals surface area contributed by atoms with Gasteiger partial charge >= 0.3 is 0 Å². The molecule has 2 N–H and O–H groups in total. The van der Waals surface area contributed by atoms with E-state index in [1.165, 1.54) is 5.56 Å². The fourth-order valence-corrected chi connectivity index (χ4v) is 4.48. The molecule has 154 valence electrons. The van der Waals surface area contributed by atoms with Crippen LogP contribution in [0.1, 0.15) is 55.0 Å². The molecule has 1 aromatic carbocycles. The van der Waals surface area contributed by atoms with E-state index in [9.17, 15) is 9.90 Å². The topological polar surface area (TPSA) is 78.1 Å². The number of nitrogens with zero attached hydrogens (tertiary/aromatic N) is 2. The van der Waals surface area contributed by atoms with E-state index in [-0.39, 0.29) is 31.1 Å². The first-order chi connectivity index (χ1) is 14.2. The SMILES string of the molecule is Cc1ccc(C2=NN(C(=O)CN[C@@H]3CCC[C@@H]3CCO)[C@@H](c3ccco3)C2)cc1. The van der Waals surface area contributed by atoms with E-state index in [1.807, 2.05) is 12.1 Å². The first-order valence-electron chi connectivity index (χ1n) is 10.5. The highest BCUT2D eigenvalue weighted by Crippen LogP contribution is 2.33. The number of carbonyl (C=O) groups is 1. The predicted molar refractivity (Wildman–Crippen MR) is 111 cm³/mol. The summed E-state index contributed by atoms with van der Waals surface area (Å²) in [7, 11) is 0. The van der Waals surface area contributed by atoms with Crippen LogP contribution in [-0.4, -0.2) is 40.9 Å². The number of furan rings is 1. The minimum Gasteiger partial charge on any atom is -0.467 e. The first-order valence-corrected chi connectivity index (χ1v) is 10.5. The van der Waals surface area contributed by atoms with Crippen molar-refractivity contribution in [1.29, 1.82) is 0 Å². The van der Waals surface area contributed by atoms with Gasteiger partial charge in [-0.05, 0) is 49.8 Å². The van der Waals surface area contributed by atoms with Crippen LogP contribution in [0.3, 0.4) is 0 Å². The molecule has 1 aliphatic heterocycles. The van der Waals surface area contributed by atoms with Crippen LogP contribution in [0.15, 0.2) is 52.2 Å². The number of hydrazone groups is 1. The summed E-state index contributed by atoms with van der Waals surface area (Å²) in [6.45, 7) is 2.50. The van der Waals surface area contributed by atoms with Crippen molar-refractivity contribution < 1.29 is 14.3 Å². The molecule has 1 fully saturated rings. The second-order valence-electron chi connectivity index (χ2n) is 8.08. The molecule has 6 nitrogen and oxygen atoms in total. The summed E-state index contributed by atoms with van der Waals surface area (Å²) in [6.07, 6.45) is 6.38. The van der Waals surface area contributed by atoms with Gasteiger partial charge in [0, 0.05) is 19.1 Å². The summed E-state index contributed by atoms with van der Waals surface area (Å²) in [5.74, 6) is 1.14. The Balaban J connectivity index is 1.48. The Morgan fingerprint density at radius 3 is 2.83 bits per heavy atom. The van der Waals surface area contributed by atoms with Gasteiger partial charge in [-0.1, -0.05) is 36.2 Å². The summed E-state index contributed by atoms with van der Waals surface area (Å²) in [5.41, 5.74) is 3.13. The molecule has 1 amide bonds. The fourth-order valence-electron chi connectivity index (χ4n) is 4.48. The molecular formula is C23H29N3O3. The third kappa shape index (κ3) is 4.43. The lowest BCUT2D eigenvalue weighted by Crippen LogP contribution is -2.41. The van der Waals surface area contributed by atoms with Gasteiger partial charge in [0.1, 0.15) is 11.8 Å². The van der Waals surface area contributed by atoms with Crippen molar-refractivity contribution in [2.24, 2.45) is 11.0 Å². The molecule has 4 rings (SSSR count). The van der Waals surface area contributed by atoms with Gasteiger partial charge in [-0.15, -0.1) is 0 Å². The Morgan fingerprint density at radius 1 is 1.28 bits per heavy atom. The number of carbonyl (C=O) groups excluding carboxylic acids is 1. The van der Waals surface area contributed by atoms with Gasteiger partial charge in [-0.2, -0.15) is 5.10 Å². The number of aryl methyl sites for hydroxylation is 1. The summed E-state index contributed by atoms with van der Waals surface area (Å²) in [5, 5.41) is 18.9. The van der Waals surface area contributed by atoms with E-state index in [1.54, 1.807) is 11.3 Å². The largest absolute Gasteiger partial charge is 0.467 e. The van der Waals surface area contributed by atoms with Crippen LogP contribution in [0.4, 0.5) is 0 Å². The average Bonchev–Trinajstić information content (AvgIpc) is 3.47. The molecule has 3 atom stereocenters. The predicted octanol–water partition coefficient (Wildman–Crippen LogP) is 3.41. The maximum absolute atomic E-state index is 13.1. The number of benzene rings is 1. The summed E-state index contributed by atoms with van der Waals surface area (Å²) >= 11 is 0. The van der Waals surface area contributed by atoms with Crippen molar-refractivity contribution in [2.75, 3.05) is 13.2 Å². The van der Waals surface area contributed by atoms with Gasteiger partial charge in [-0.25, -0.2) is 5.01 Å². The molecule has 29 heavy (non-hydrogen) atoms. The van der Waals surface area contributed by atoms with E-state index < -0.39 is 0 Å². The number of hydrogen-bond acceptors (Lipinski definition) is 5. The minimum atomic E-state index is -0.215. The second-order valence-corrected chi connectivity index (χ2v) is 8.08. The van der Waals surface area contributed by atoms with Crippen molar-refractivity contribution in [1.82, 2.24) is 10.3 Å². The van der Waals surface area contributed by atoms with Crippen molar-refractivity contribution in [2.45, 2.75) is 51.1 Å². The number of aliphatic hydroxyl groups is 1. The van der Waals surface area contributed by atoms with Gasteiger partial charge < -0.3 is 14.8 Å². The zero-order valence-corrected chi connectivity index (χ0v) is 16.9. The van der Waals surface area contributed by atoms with Crippen molar-refractivity contribution in [3.63, 3.8) is 0 Å². The molecular weight excluding hydrogens is 366 g/mol. The van der Waals surface area contributed by atoms with E-state index in [0.29, 0.717) is 12.3 Å². The van der Waals surface area contributed by atoms with E-state index in [4.69, 9.17) is 4.42 Å². The Kier molecular flexibility index (Phi) is 6.11. The molecule has 1 saturated carbocycles. The molecule has 1 aliphatic carbocycles. The maximum Gasteiger partial charge on any atom is 0.257 e. The standard InChI is InChI=1S/C23H29N3O3/c1-16-7-9-18(10-8-16)20-14-21(22-6-3-13-29-22)26(25-20)23(28)15-24-19-5-2-4-17(19)11-12-27/h3,6-10,13,17,19,21,24,27H,2,4-5,11-12,14-15H2,1H3/t17-,19-,21-/m1/s1. The highest BCUT2D eigenvalue weighted by molar-refractivity contribution is 6.03. The molecule has 2 heterocycles. The van der Waals surface area contributed by atoms with E-state index in [0.717, 1.165) is 42.7 Å². The normalized spacial score (nSPS) is 24.1. The average molecular weight is 396 g/mol. The minimum absolute atomic E-state index is 0.0526. The highest BCUT2D eigenvalue weighted by Gasteiger charge is 2.35. The smallest absolute Gasteiger partial charge is 0.257 e. The molecule has 6 heteroatoms. The summed E-state index contributed by atoms with van der Waals surface area (Å²) < 4.78 is 5.61. The molecule has 0 spiro atoms. The Bertz CT molecular complexity index is 845. The van der Waals surface area contributed by atoms with Crippen molar-refractivity contribution >= 4 is 11.6 Å². The van der Waals surface area contributed by atoms with Crippen LogP contribution in [0.5, 0.6) is 0 Å². The van der Waals surface area contributed by atoms with Crippen LogP contribution in [0, 0.1) is 12.8 Å². The van der Waals surface area contributed by atoms with Crippen LogP contribution in [0.2, 0.25) is 0 Å². The van der Waals surface area contributed by atoms with Gasteiger partial charge in [0.15, 0.2) is 0 Å². The number of nitrogens with one attached hydrogen (secondary N) is 1. The van der Waals surface area contributed by atoms with Crippen LogP contribution in [-0.2, 0) is 4.79 Å². The fraction of sp³-hybridized carbons (Fsp3) is 0.478. The molecule has 1 aromatic heterocycles. The van der Waals surface area contributed by atoms with Crippen LogP contribution in [0.25, 0.3) is 0 Å². The number of rotatable bonds is 7. The van der Waals surface area contributed by atoms with E-state index in [2.05, 4.69) is 41.6 Å². The lowest BCUT2D eigenvalue weighted by Gasteiger charge is -2.23. The zero-order valence-electron chi connectivity index (χ0n) is 16.9. The monoisotopic (exact) mass is 395 g/mol. The summed E-state index contributed by atoms with van der Waals surface area (Å²) in [4.78, 5) is 13.1. The van der Waals surface area contributed by atoms with Gasteiger partial charge in [0.25, 0.3) is 5.91 Å². The summed E-state index contributed by atoms with van der Waals surface area (Å²) in [6, 6.07) is 12.1. The third-order valence-corrected chi connectivity index (χ3v) is 6.10. The molecule has 2 aliphatic rings. The maximum atomic E-state index is 13.1. The molecule has 0 radical (unpaired) electrons. The molecule has 2 aromatic rings. The first kappa shape index (κ1) is 19.9. The third-order valence-electron chi connectivity index (χ3n) is 6.10. The van der Waals surface area contributed by atoms with Crippen LogP contribution >= 0.6 is 0 Å².